The van der Waals surface area contributed by atoms with Crippen molar-refractivity contribution in [2.75, 3.05) is 0 Å². The third-order valence-electron chi connectivity index (χ3n) is 4.47. The van der Waals surface area contributed by atoms with E-state index in [1.165, 1.54) is 0 Å². The summed E-state index contributed by atoms with van der Waals surface area (Å²) in [6.45, 7) is 7.47. The molecule has 0 bridgehead atoms. The summed E-state index contributed by atoms with van der Waals surface area (Å²) in [5.41, 5.74) is 2.06. The molecule has 0 saturated heterocycles. The quantitative estimate of drug-likeness (QED) is 0.922. The first kappa shape index (κ1) is 15.5. The monoisotopic (exact) mass is 324 g/mol. The topological polar surface area (TPSA) is 55.8 Å². The number of benzene rings is 1. The van der Waals surface area contributed by atoms with Crippen LogP contribution in [0.25, 0.3) is 0 Å². The molecule has 2 unspecified atom stereocenters. The van der Waals surface area contributed by atoms with E-state index in [4.69, 9.17) is 21.1 Å². The molecule has 1 aromatic rings. The van der Waals surface area contributed by atoms with Crippen LogP contribution in [0.15, 0.2) is 0 Å². The van der Waals surface area contributed by atoms with Crippen molar-refractivity contribution in [3.8, 4) is 11.5 Å². The first-order valence-electron chi connectivity index (χ1n) is 7.63. The van der Waals surface area contributed by atoms with Crippen molar-refractivity contribution in [1.82, 2.24) is 0 Å². The number of hydrogen-bond donors (Lipinski definition) is 1. The zero-order valence-electron chi connectivity index (χ0n) is 13.3. The lowest BCUT2D eigenvalue weighted by molar-refractivity contribution is -0.146. The maximum absolute atomic E-state index is 11.5. The van der Waals surface area contributed by atoms with Gasteiger partial charge in [-0.15, -0.1) is 0 Å². The Kier molecular flexibility index (Phi) is 3.55. The molecule has 2 heterocycles. The normalized spacial score (nSPS) is 22.8. The number of rotatable bonds is 3. The molecule has 5 heteroatoms. The second kappa shape index (κ2) is 5.05. The van der Waals surface area contributed by atoms with Crippen molar-refractivity contribution in [2.45, 2.75) is 59.2 Å². The van der Waals surface area contributed by atoms with Gasteiger partial charge in [0.25, 0.3) is 0 Å². The van der Waals surface area contributed by atoms with Gasteiger partial charge in [-0.3, -0.25) is 4.79 Å². The number of aliphatic carboxylic acids is 1. The number of ether oxygens (including phenoxy) is 2. The van der Waals surface area contributed by atoms with Gasteiger partial charge in [0, 0.05) is 29.5 Å². The van der Waals surface area contributed by atoms with E-state index in [1.54, 1.807) is 13.8 Å². The fourth-order valence-corrected chi connectivity index (χ4v) is 3.58. The lowest BCUT2D eigenvalue weighted by atomic mass is 9.82. The van der Waals surface area contributed by atoms with E-state index in [0.29, 0.717) is 11.4 Å². The number of carboxylic acids is 1. The van der Waals surface area contributed by atoms with E-state index in [9.17, 15) is 9.90 Å². The summed E-state index contributed by atoms with van der Waals surface area (Å²) in [7, 11) is 0. The molecule has 0 radical (unpaired) electrons. The lowest BCUT2D eigenvalue weighted by Crippen LogP contribution is -2.27. The Morgan fingerprint density at radius 3 is 2.32 bits per heavy atom. The van der Waals surface area contributed by atoms with Gasteiger partial charge in [-0.05, 0) is 34.1 Å². The van der Waals surface area contributed by atoms with Crippen molar-refractivity contribution < 1.29 is 19.4 Å². The molecule has 1 N–H and O–H groups in total. The van der Waals surface area contributed by atoms with Crippen molar-refractivity contribution in [1.29, 1.82) is 0 Å². The Balaban J connectivity index is 2.16. The highest BCUT2D eigenvalue weighted by Gasteiger charge is 2.38. The first-order valence-corrected chi connectivity index (χ1v) is 8.01. The minimum absolute atomic E-state index is 0.0548. The minimum Gasteiger partial charge on any atom is -0.490 e. The van der Waals surface area contributed by atoms with Gasteiger partial charge in [0.05, 0.1) is 10.4 Å². The summed E-state index contributed by atoms with van der Waals surface area (Å²) in [4.78, 5) is 11.5. The van der Waals surface area contributed by atoms with Gasteiger partial charge in [-0.2, -0.15) is 0 Å². The van der Waals surface area contributed by atoms with E-state index >= 15 is 0 Å². The van der Waals surface area contributed by atoms with Gasteiger partial charge >= 0.3 is 5.97 Å². The average molecular weight is 325 g/mol. The Hall–Kier alpha value is -1.42. The number of carboxylic acid groups (broad SMARTS) is 1. The minimum atomic E-state index is -0.865. The molecule has 0 amide bonds. The average Bonchev–Trinajstić information content (AvgIpc) is 2.97. The van der Waals surface area contributed by atoms with Crippen LogP contribution in [0, 0.1) is 5.41 Å². The van der Waals surface area contributed by atoms with Crippen molar-refractivity contribution in [2.24, 2.45) is 5.41 Å². The van der Waals surface area contributed by atoms with Gasteiger partial charge in [-0.25, -0.2) is 0 Å². The summed E-state index contributed by atoms with van der Waals surface area (Å²) >= 11 is 6.51. The molecular weight excluding hydrogens is 304 g/mol. The van der Waals surface area contributed by atoms with Crippen LogP contribution in [0.5, 0.6) is 11.5 Å². The zero-order chi connectivity index (χ0) is 16.2. The van der Waals surface area contributed by atoms with Crippen LogP contribution in [0.2, 0.25) is 5.02 Å². The highest BCUT2D eigenvalue weighted by Crippen LogP contribution is 2.50. The van der Waals surface area contributed by atoms with E-state index in [1.807, 2.05) is 13.8 Å². The third kappa shape index (κ3) is 2.34. The van der Waals surface area contributed by atoms with Gasteiger partial charge in [0.1, 0.15) is 23.7 Å². The molecule has 4 nitrogen and oxygen atoms in total. The number of fused-ring (bicyclic) bond motifs is 2. The van der Waals surface area contributed by atoms with E-state index in [2.05, 4.69) is 0 Å². The fourth-order valence-electron chi connectivity index (χ4n) is 3.25. The number of hydrogen-bond acceptors (Lipinski definition) is 3. The summed E-state index contributed by atoms with van der Waals surface area (Å²) in [5, 5.41) is 10.1. The molecule has 2 atom stereocenters. The van der Waals surface area contributed by atoms with E-state index in [0.717, 1.165) is 41.0 Å². The molecule has 1 aromatic carbocycles. The highest BCUT2D eigenvalue weighted by atomic mass is 35.5. The number of carbonyl (C=O) groups is 1. The second-order valence-corrected chi connectivity index (χ2v) is 7.42. The molecule has 0 fully saturated rings. The van der Waals surface area contributed by atoms with Crippen LogP contribution in [-0.4, -0.2) is 23.3 Å². The van der Waals surface area contributed by atoms with Gasteiger partial charge in [0.15, 0.2) is 0 Å². The SMILES string of the molecule is CC1Cc2c(CC(C)(C)C(=O)O)c3c(c(Cl)c2O1)CC(C)O3. The molecule has 0 spiro atoms. The van der Waals surface area contributed by atoms with Crippen LogP contribution in [0.3, 0.4) is 0 Å². The van der Waals surface area contributed by atoms with E-state index < -0.39 is 11.4 Å². The Morgan fingerprint density at radius 1 is 1.18 bits per heavy atom. The zero-order valence-corrected chi connectivity index (χ0v) is 14.1. The van der Waals surface area contributed by atoms with Crippen molar-refractivity contribution in [3.05, 3.63) is 21.7 Å². The summed E-state index contributed by atoms with van der Waals surface area (Å²) < 4.78 is 11.9. The molecule has 22 heavy (non-hydrogen) atoms. The molecule has 3 rings (SSSR count). The molecule has 2 aliphatic heterocycles. The molecular formula is C17H21ClO4. The number of halogens is 1. The molecule has 0 saturated carbocycles. The maximum Gasteiger partial charge on any atom is 0.309 e. The standard InChI is InChI=1S/C17H21ClO4/c1-8-5-10-12(7-17(3,4)16(19)20)14-11(6-9(2)21-14)13(18)15(10)22-8/h8-9H,5-7H2,1-4H3,(H,19,20). The van der Waals surface area contributed by atoms with Gasteiger partial charge < -0.3 is 14.6 Å². The summed E-state index contributed by atoms with van der Waals surface area (Å²) in [6, 6.07) is 0. The summed E-state index contributed by atoms with van der Waals surface area (Å²) in [5.74, 6) is 0.688. The van der Waals surface area contributed by atoms with E-state index in [-0.39, 0.29) is 12.2 Å². The van der Waals surface area contributed by atoms with Crippen molar-refractivity contribution in [3.63, 3.8) is 0 Å². The predicted molar refractivity (Wildman–Crippen MR) is 84.2 cm³/mol. The van der Waals surface area contributed by atoms with Crippen LogP contribution < -0.4 is 9.47 Å². The predicted octanol–water partition coefficient (Wildman–Crippen LogP) is 3.64. The Labute approximate surface area is 135 Å². The van der Waals surface area contributed by atoms with Crippen LogP contribution in [0.1, 0.15) is 44.4 Å². The maximum atomic E-state index is 11.5. The summed E-state index contributed by atoms with van der Waals surface area (Å²) in [6.07, 6.45) is 2.00. The Bertz CT molecular complexity index is 612. The second-order valence-electron chi connectivity index (χ2n) is 7.04. The lowest BCUT2D eigenvalue weighted by Gasteiger charge is -2.23. The first-order chi connectivity index (χ1) is 10.2. The van der Waals surface area contributed by atoms with Gasteiger partial charge in [0.2, 0.25) is 0 Å². The fraction of sp³-hybridized carbons (Fsp3) is 0.588. The van der Waals surface area contributed by atoms with Crippen LogP contribution in [0.4, 0.5) is 0 Å². The molecule has 0 aliphatic carbocycles. The smallest absolute Gasteiger partial charge is 0.309 e. The Morgan fingerprint density at radius 2 is 1.73 bits per heavy atom. The molecule has 120 valence electrons. The molecule has 0 aromatic heterocycles. The third-order valence-corrected chi connectivity index (χ3v) is 4.87. The highest BCUT2D eigenvalue weighted by molar-refractivity contribution is 6.33. The van der Waals surface area contributed by atoms with Crippen molar-refractivity contribution >= 4 is 17.6 Å². The van der Waals surface area contributed by atoms with Crippen LogP contribution >= 0.6 is 11.6 Å². The van der Waals surface area contributed by atoms with Crippen LogP contribution in [-0.2, 0) is 24.1 Å². The van der Waals surface area contributed by atoms with Gasteiger partial charge in [-0.1, -0.05) is 11.6 Å². The molecule has 2 aliphatic rings. The largest absolute Gasteiger partial charge is 0.490 e.